The van der Waals surface area contributed by atoms with Crippen LogP contribution in [-0.2, 0) is 19.0 Å². The highest BCUT2D eigenvalue weighted by molar-refractivity contribution is 14.0. The van der Waals surface area contributed by atoms with Crippen LogP contribution in [0.25, 0.3) is 0 Å². The normalized spacial score (nSPS) is 17.3. The van der Waals surface area contributed by atoms with Crippen LogP contribution in [0.1, 0.15) is 50.4 Å². The highest BCUT2D eigenvalue weighted by atomic mass is 127. The second-order valence-electron chi connectivity index (χ2n) is 7.76. The Bertz CT molecular complexity index is 863. The van der Waals surface area contributed by atoms with Crippen molar-refractivity contribution in [2.45, 2.75) is 51.0 Å². The summed E-state index contributed by atoms with van der Waals surface area (Å²) in [4.78, 5) is 8.97. The summed E-state index contributed by atoms with van der Waals surface area (Å²) in [5.74, 6) is 3.34. The molecule has 30 heavy (non-hydrogen) atoms. The number of aryl methyl sites for hydroxylation is 1. The molecule has 2 heterocycles. The van der Waals surface area contributed by atoms with Crippen molar-refractivity contribution < 1.29 is 9.47 Å². The molecule has 0 saturated heterocycles. The summed E-state index contributed by atoms with van der Waals surface area (Å²) in [5, 5.41) is 11.1. The summed E-state index contributed by atoms with van der Waals surface area (Å²) >= 11 is 0. The zero-order valence-corrected chi connectivity index (χ0v) is 20.0. The molecule has 0 spiro atoms. The van der Waals surface area contributed by atoms with Gasteiger partial charge in [-0.2, -0.15) is 5.10 Å². The van der Waals surface area contributed by atoms with Crippen molar-refractivity contribution in [3.05, 3.63) is 35.9 Å². The minimum atomic E-state index is 0. The first-order valence-corrected chi connectivity index (χ1v) is 10.5. The van der Waals surface area contributed by atoms with Gasteiger partial charge >= 0.3 is 0 Å². The van der Waals surface area contributed by atoms with Gasteiger partial charge in [0.05, 0.1) is 0 Å². The van der Waals surface area contributed by atoms with Crippen molar-refractivity contribution in [1.82, 2.24) is 25.4 Å². The van der Waals surface area contributed by atoms with Crippen molar-refractivity contribution in [3.63, 3.8) is 0 Å². The lowest BCUT2D eigenvalue weighted by Crippen LogP contribution is -2.46. The van der Waals surface area contributed by atoms with Crippen LogP contribution in [0.15, 0.2) is 29.5 Å². The number of aromatic nitrogens is 3. The molecule has 9 heteroatoms. The third-order valence-corrected chi connectivity index (χ3v) is 5.92. The first-order chi connectivity index (χ1) is 14.2. The first-order valence-electron chi connectivity index (χ1n) is 10.5. The van der Waals surface area contributed by atoms with E-state index in [1.807, 2.05) is 13.1 Å². The molecule has 8 nitrogen and oxygen atoms in total. The number of halogens is 1. The predicted octanol–water partition coefficient (Wildman–Crippen LogP) is 3.12. The molecule has 1 aromatic heterocycles. The number of rotatable bonds is 6. The number of guanidine groups is 1. The summed E-state index contributed by atoms with van der Waals surface area (Å²) in [6.45, 7) is 4.51. The van der Waals surface area contributed by atoms with Gasteiger partial charge in [-0.25, -0.2) is 9.98 Å². The van der Waals surface area contributed by atoms with Crippen LogP contribution in [0.5, 0.6) is 11.5 Å². The Morgan fingerprint density at radius 3 is 2.70 bits per heavy atom. The quantitative estimate of drug-likeness (QED) is 0.342. The molecule has 0 atom stereocenters. The maximum atomic E-state index is 5.64. The molecule has 164 valence electrons. The fourth-order valence-electron chi connectivity index (χ4n) is 4.23. The fourth-order valence-corrected chi connectivity index (χ4v) is 4.23. The van der Waals surface area contributed by atoms with E-state index in [9.17, 15) is 0 Å². The topological polar surface area (TPSA) is 85.6 Å². The number of aliphatic imine (C=N–C) groups is 1. The van der Waals surface area contributed by atoms with Crippen molar-refractivity contribution in [3.8, 4) is 11.5 Å². The molecule has 1 saturated carbocycles. The molecule has 1 aromatic carbocycles. The third-order valence-electron chi connectivity index (χ3n) is 5.92. The minimum Gasteiger partial charge on any atom is -0.454 e. The molecule has 2 aromatic rings. The Morgan fingerprint density at radius 2 is 1.97 bits per heavy atom. The van der Waals surface area contributed by atoms with Crippen molar-refractivity contribution in [1.29, 1.82) is 0 Å². The number of nitrogens with zero attached hydrogens (tertiary/aromatic N) is 4. The van der Waals surface area contributed by atoms with Gasteiger partial charge < -0.3 is 20.1 Å². The molecule has 1 fully saturated rings. The maximum Gasteiger partial charge on any atom is 0.231 e. The van der Waals surface area contributed by atoms with Gasteiger partial charge in [-0.3, -0.25) is 4.68 Å². The number of fused-ring (bicyclic) bond motifs is 1. The first kappa shape index (κ1) is 22.6. The lowest BCUT2D eigenvalue weighted by atomic mass is 9.69. The second kappa shape index (κ2) is 10.3. The van der Waals surface area contributed by atoms with Gasteiger partial charge in [-0.15, -0.1) is 24.0 Å². The number of hydrogen-bond donors (Lipinski definition) is 2. The maximum absolute atomic E-state index is 5.64. The van der Waals surface area contributed by atoms with Gasteiger partial charge in [-0.1, -0.05) is 25.3 Å². The molecule has 1 aliphatic heterocycles. The van der Waals surface area contributed by atoms with Gasteiger partial charge in [0.2, 0.25) is 6.79 Å². The van der Waals surface area contributed by atoms with Crippen LogP contribution in [0, 0.1) is 0 Å². The standard InChI is InChI=1S/C21H30N6O2.HI/c1-3-22-20(23-12-19-25-14-26-27(19)2)24-13-21(9-5-4-6-10-21)16-7-8-17-18(11-16)29-15-28-17;/h7-8,11,14H,3-6,9-10,12-13,15H2,1-2H3,(H2,22,23,24);1H. The Kier molecular flexibility index (Phi) is 7.79. The largest absolute Gasteiger partial charge is 0.454 e. The molecule has 0 unspecified atom stereocenters. The number of ether oxygens (including phenoxy) is 2. The average Bonchev–Trinajstić information content (AvgIpc) is 3.39. The van der Waals surface area contributed by atoms with E-state index < -0.39 is 0 Å². The molecule has 1 aliphatic carbocycles. The van der Waals surface area contributed by atoms with Crippen LogP contribution >= 0.6 is 24.0 Å². The van der Waals surface area contributed by atoms with E-state index >= 15 is 0 Å². The summed E-state index contributed by atoms with van der Waals surface area (Å²) in [7, 11) is 1.88. The molecular weight excluding hydrogens is 495 g/mol. The molecule has 0 bridgehead atoms. The van der Waals surface area contributed by atoms with E-state index in [2.05, 4.69) is 39.8 Å². The smallest absolute Gasteiger partial charge is 0.231 e. The Hall–Kier alpha value is -2.04. The van der Waals surface area contributed by atoms with Crippen LogP contribution in [0.4, 0.5) is 0 Å². The fraction of sp³-hybridized carbons (Fsp3) is 0.571. The lowest BCUT2D eigenvalue weighted by molar-refractivity contribution is 0.174. The van der Waals surface area contributed by atoms with Gasteiger partial charge in [-0.05, 0) is 37.5 Å². The van der Waals surface area contributed by atoms with Crippen molar-refractivity contribution in [2.24, 2.45) is 12.0 Å². The molecule has 0 radical (unpaired) electrons. The molecule has 2 N–H and O–H groups in total. The summed E-state index contributed by atoms with van der Waals surface area (Å²) < 4.78 is 12.9. The van der Waals surface area contributed by atoms with E-state index in [1.165, 1.54) is 24.8 Å². The monoisotopic (exact) mass is 526 g/mol. The number of hydrogen-bond acceptors (Lipinski definition) is 5. The third kappa shape index (κ3) is 4.98. The Morgan fingerprint density at radius 1 is 1.17 bits per heavy atom. The SMILES string of the molecule is CCNC(=NCc1ncnn1C)NCC1(c2ccc3c(c2)OCO3)CCCCC1.I. The van der Waals surface area contributed by atoms with E-state index in [4.69, 9.17) is 14.5 Å². The van der Waals surface area contributed by atoms with E-state index in [-0.39, 0.29) is 29.4 Å². The average molecular weight is 526 g/mol. The number of nitrogens with one attached hydrogen (secondary N) is 2. The summed E-state index contributed by atoms with van der Waals surface area (Å²) in [6, 6.07) is 6.41. The summed E-state index contributed by atoms with van der Waals surface area (Å²) in [6.07, 6.45) is 7.64. The second-order valence-corrected chi connectivity index (χ2v) is 7.76. The van der Waals surface area contributed by atoms with Crippen LogP contribution < -0.4 is 20.1 Å². The van der Waals surface area contributed by atoms with Crippen LogP contribution in [-0.4, -0.2) is 40.6 Å². The Labute approximate surface area is 194 Å². The van der Waals surface area contributed by atoms with Gasteiger partial charge in [0.1, 0.15) is 18.7 Å². The highest BCUT2D eigenvalue weighted by Crippen LogP contribution is 2.43. The van der Waals surface area contributed by atoms with Gasteiger partial charge in [0, 0.05) is 25.6 Å². The zero-order valence-electron chi connectivity index (χ0n) is 17.7. The van der Waals surface area contributed by atoms with Gasteiger partial charge in [0.15, 0.2) is 17.5 Å². The highest BCUT2D eigenvalue weighted by Gasteiger charge is 2.35. The predicted molar refractivity (Wildman–Crippen MR) is 127 cm³/mol. The van der Waals surface area contributed by atoms with Crippen molar-refractivity contribution >= 4 is 29.9 Å². The lowest BCUT2D eigenvalue weighted by Gasteiger charge is -2.38. The zero-order chi connectivity index (χ0) is 20.1. The Balaban J connectivity index is 0.00000256. The number of benzene rings is 1. The molecule has 0 amide bonds. The molecular formula is C21H31IN6O2. The van der Waals surface area contributed by atoms with Gasteiger partial charge in [0.25, 0.3) is 0 Å². The van der Waals surface area contributed by atoms with Crippen molar-refractivity contribution in [2.75, 3.05) is 19.9 Å². The van der Waals surface area contributed by atoms with E-state index in [1.54, 1.807) is 11.0 Å². The van der Waals surface area contributed by atoms with E-state index in [0.29, 0.717) is 13.3 Å². The molecule has 4 rings (SSSR count). The minimum absolute atomic E-state index is 0. The molecule has 2 aliphatic rings. The van der Waals surface area contributed by atoms with Crippen LogP contribution in [0.3, 0.4) is 0 Å². The van der Waals surface area contributed by atoms with Crippen LogP contribution in [0.2, 0.25) is 0 Å². The summed E-state index contributed by atoms with van der Waals surface area (Å²) in [5.41, 5.74) is 1.39. The van der Waals surface area contributed by atoms with E-state index in [0.717, 1.165) is 49.2 Å².